The molecule has 0 aliphatic heterocycles. The molecule has 4 heteroatoms. The van der Waals surface area contributed by atoms with E-state index in [1.807, 2.05) is 55.5 Å². The van der Waals surface area contributed by atoms with Gasteiger partial charge in [-0.05, 0) is 30.7 Å². The summed E-state index contributed by atoms with van der Waals surface area (Å²) in [5.74, 6) is -0.271. The zero-order valence-electron chi connectivity index (χ0n) is 11.9. The van der Waals surface area contributed by atoms with Gasteiger partial charge in [0.1, 0.15) is 0 Å². The quantitative estimate of drug-likeness (QED) is 0.886. The van der Waals surface area contributed by atoms with Crippen LogP contribution in [0.4, 0.5) is 5.69 Å². The number of carbonyl (C=O) groups is 2. The number of amides is 2. The number of anilines is 1. The second-order valence-corrected chi connectivity index (χ2v) is 4.74. The molecule has 2 N–H and O–H groups in total. The van der Waals surface area contributed by atoms with Crippen molar-refractivity contribution in [1.82, 2.24) is 5.32 Å². The van der Waals surface area contributed by atoms with Gasteiger partial charge in [-0.25, -0.2) is 0 Å². The van der Waals surface area contributed by atoms with Crippen molar-refractivity contribution in [1.29, 1.82) is 0 Å². The lowest BCUT2D eigenvalue weighted by atomic mass is 10.1. The zero-order valence-corrected chi connectivity index (χ0v) is 11.9. The lowest BCUT2D eigenvalue weighted by Gasteiger charge is -2.08. The minimum absolute atomic E-state index is 0.119. The number of nitrogens with one attached hydrogen (secondary N) is 2. The van der Waals surface area contributed by atoms with Gasteiger partial charge >= 0.3 is 0 Å². The maximum absolute atomic E-state index is 12.0. The molecular formula is C17H18N2O2. The summed E-state index contributed by atoms with van der Waals surface area (Å²) < 4.78 is 0. The normalized spacial score (nSPS) is 9.95. The average molecular weight is 282 g/mol. The number of para-hydroxylation sites is 1. The number of hydrogen-bond acceptors (Lipinski definition) is 2. The molecule has 0 saturated carbocycles. The molecule has 0 aliphatic carbocycles. The van der Waals surface area contributed by atoms with E-state index in [9.17, 15) is 9.59 Å². The Kier molecular flexibility index (Phi) is 5.10. The van der Waals surface area contributed by atoms with E-state index < -0.39 is 0 Å². The van der Waals surface area contributed by atoms with Gasteiger partial charge in [0.15, 0.2) is 0 Å². The van der Waals surface area contributed by atoms with Gasteiger partial charge in [-0.1, -0.05) is 36.4 Å². The Hall–Kier alpha value is -2.62. The third kappa shape index (κ3) is 4.45. The average Bonchev–Trinajstić information content (AvgIpc) is 2.48. The van der Waals surface area contributed by atoms with E-state index in [4.69, 9.17) is 0 Å². The van der Waals surface area contributed by atoms with Crippen LogP contribution in [0.25, 0.3) is 0 Å². The monoisotopic (exact) mass is 282 g/mol. The molecule has 2 aromatic carbocycles. The van der Waals surface area contributed by atoms with E-state index in [1.54, 1.807) is 6.07 Å². The molecular weight excluding hydrogens is 264 g/mol. The van der Waals surface area contributed by atoms with Gasteiger partial charge < -0.3 is 10.6 Å². The van der Waals surface area contributed by atoms with E-state index in [1.165, 1.54) is 0 Å². The zero-order chi connectivity index (χ0) is 15.1. The van der Waals surface area contributed by atoms with Gasteiger partial charge in [0.2, 0.25) is 5.91 Å². The molecule has 0 heterocycles. The third-order valence-corrected chi connectivity index (χ3v) is 3.08. The first-order valence-electron chi connectivity index (χ1n) is 6.85. The van der Waals surface area contributed by atoms with Gasteiger partial charge in [0.05, 0.1) is 0 Å². The lowest BCUT2D eigenvalue weighted by molar-refractivity contribution is -0.116. The minimum atomic E-state index is -0.152. The molecule has 0 bridgehead atoms. The van der Waals surface area contributed by atoms with E-state index in [2.05, 4.69) is 10.6 Å². The number of carbonyl (C=O) groups excluding carboxylic acids is 2. The highest BCUT2D eigenvalue weighted by Crippen LogP contribution is 2.07. The molecule has 0 spiro atoms. The summed E-state index contributed by atoms with van der Waals surface area (Å²) in [5.41, 5.74) is 2.32. The highest BCUT2D eigenvalue weighted by molar-refractivity contribution is 5.96. The highest BCUT2D eigenvalue weighted by atomic mass is 16.2. The maximum Gasteiger partial charge on any atom is 0.251 e. The van der Waals surface area contributed by atoms with Crippen molar-refractivity contribution in [3.8, 4) is 0 Å². The standard InChI is InChI=1S/C17H18N2O2/c1-13-7-5-6-10-15(13)17(21)18-12-11-16(20)19-14-8-3-2-4-9-14/h2-10H,11-12H2,1H3,(H,18,21)(H,19,20). The predicted molar refractivity (Wildman–Crippen MR) is 83.2 cm³/mol. The van der Waals surface area contributed by atoms with Crippen LogP contribution >= 0.6 is 0 Å². The van der Waals surface area contributed by atoms with Gasteiger partial charge in [0.25, 0.3) is 5.91 Å². The number of rotatable bonds is 5. The van der Waals surface area contributed by atoms with Crippen molar-refractivity contribution < 1.29 is 9.59 Å². The first-order valence-corrected chi connectivity index (χ1v) is 6.85. The van der Waals surface area contributed by atoms with Crippen LogP contribution in [-0.4, -0.2) is 18.4 Å². The Morgan fingerprint density at radius 1 is 0.952 bits per heavy atom. The first-order chi connectivity index (χ1) is 10.2. The van der Waals surface area contributed by atoms with Crippen molar-refractivity contribution in [2.45, 2.75) is 13.3 Å². The van der Waals surface area contributed by atoms with Crippen LogP contribution < -0.4 is 10.6 Å². The third-order valence-electron chi connectivity index (χ3n) is 3.08. The molecule has 4 nitrogen and oxygen atoms in total. The molecule has 0 aliphatic rings. The second-order valence-electron chi connectivity index (χ2n) is 4.74. The topological polar surface area (TPSA) is 58.2 Å². The lowest BCUT2D eigenvalue weighted by Crippen LogP contribution is -2.28. The molecule has 2 amide bonds. The van der Waals surface area contributed by atoms with Crippen molar-refractivity contribution in [2.75, 3.05) is 11.9 Å². The summed E-state index contributed by atoms with van der Waals surface area (Å²) in [6.45, 7) is 2.20. The van der Waals surface area contributed by atoms with Crippen LogP contribution in [0.5, 0.6) is 0 Å². The fraction of sp³-hybridized carbons (Fsp3) is 0.176. The van der Waals surface area contributed by atoms with Crippen molar-refractivity contribution in [3.05, 3.63) is 65.7 Å². The van der Waals surface area contributed by atoms with Crippen molar-refractivity contribution >= 4 is 17.5 Å². The molecule has 0 unspecified atom stereocenters. The van der Waals surface area contributed by atoms with E-state index in [-0.39, 0.29) is 18.2 Å². The van der Waals surface area contributed by atoms with Crippen LogP contribution in [0.3, 0.4) is 0 Å². The van der Waals surface area contributed by atoms with Crippen LogP contribution in [0, 0.1) is 6.92 Å². The molecule has 21 heavy (non-hydrogen) atoms. The maximum atomic E-state index is 12.0. The minimum Gasteiger partial charge on any atom is -0.352 e. The smallest absolute Gasteiger partial charge is 0.251 e. The van der Waals surface area contributed by atoms with Gasteiger partial charge in [-0.2, -0.15) is 0 Å². The molecule has 0 aromatic heterocycles. The highest BCUT2D eigenvalue weighted by Gasteiger charge is 2.08. The summed E-state index contributed by atoms with van der Waals surface area (Å²) >= 11 is 0. The van der Waals surface area contributed by atoms with E-state index in [0.717, 1.165) is 11.3 Å². The van der Waals surface area contributed by atoms with Crippen LogP contribution in [0.1, 0.15) is 22.3 Å². The Labute approximate surface area is 124 Å². The molecule has 2 rings (SSSR count). The Morgan fingerprint density at radius 3 is 2.33 bits per heavy atom. The molecule has 0 fully saturated rings. The van der Waals surface area contributed by atoms with Gasteiger partial charge in [-0.3, -0.25) is 9.59 Å². The van der Waals surface area contributed by atoms with Crippen LogP contribution in [0.2, 0.25) is 0 Å². The number of benzene rings is 2. The fourth-order valence-electron chi connectivity index (χ4n) is 1.96. The summed E-state index contributed by atoms with van der Waals surface area (Å²) in [7, 11) is 0. The fourth-order valence-corrected chi connectivity index (χ4v) is 1.96. The molecule has 0 radical (unpaired) electrons. The summed E-state index contributed by atoms with van der Waals surface area (Å²) in [5, 5.41) is 5.53. The van der Waals surface area contributed by atoms with Gasteiger partial charge in [-0.15, -0.1) is 0 Å². The summed E-state index contributed by atoms with van der Waals surface area (Å²) in [6.07, 6.45) is 0.243. The van der Waals surface area contributed by atoms with Crippen LogP contribution in [-0.2, 0) is 4.79 Å². The van der Waals surface area contributed by atoms with Crippen molar-refractivity contribution in [2.24, 2.45) is 0 Å². The predicted octanol–water partition coefficient (Wildman–Crippen LogP) is 2.75. The molecule has 108 valence electrons. The SMILES string of the molecule is Cc1ccccc1C(=O)NCCC(=O)Nc1ccccc1. The molecule has 0 saturated heterocycles. The van der Waals surface area contributed by atoms with Crippen molar-refractivity contribution in [3.63, 3.8) is 0 Å². The number of hydrogen-bond donors (Lipinski definition) is 2. The second kappa shape index (κ2) is 7.24. The summed E-state index contributed by atoms with van der Waals surface area (Å²) in [6, 6.07) is 16.6. The largest absolute Gasteiger partial charge is 0.352 e. The number of aryl methyl sites for hydroxylation is 1. The first kappa shape index (κ1) is 14.8. The van der Waals surface area contributed by atoms with E-state index >= 15 is 0 Å². The Morgan fingerprint density at radius 2 is 1.62 bits per heavy atom. The van der Waals surface area contributed by atoms with Crippen LogP contribution in [0.15, 0.2) is 54.6 Å². The molecule has 2 aromatic rings. The summed E-state index contributed by atoms with van der Waals surface area (Å²) in [4.78, 5) is 23.7. The Balaban J connectivity index is 1.78. The van der Waals surface area contributed by atoms with E-state index in [0.29, 0.717) is 12.1 Å². The van der Waals surface area contributed by atoms with Gasteiger partial charge in [0, 0.05) is 24.2 Å². The molecule has 0 atom stereocenters. The Bertz CT molecular complexity index is 624.